The molecule has 1 heterocycles. The first kappa shape index (κ1) is 8.63. The minimum Gasteiger partial charge on any atom is -0.463 e. The fourth-order valence-electron chi connectivity index (χ4n) is 0.649. The number of hydrogen-bond acceptors (Lipinski definition) is 3. The Kier molecular flexibility index (Phi) is 2.37. The van der Waals surface area contributed by atoms with Crippen LogP contribution in [0.1, 0.15) is 22.7 Å². The molecule has 0 radical (unpaired) electrons. The molecule has 0 aliphatic rings. The number of aromatic nitrogens is 2. The molecule has 0 amide bonds. The highest BCUT2D eigenvalue weighted by Crippen LogP contribution is 2.15. The van der Waals surface area contributed by atoms with Crippen molar-refractivity contribution in [1.82, 2.24) is 9.97 Å². The van der Waals surface area contributed by atoms with E-state index in [2.05, 4.69) is 14.7 Å². The number of carbonyl (C=O) groups is 1. The third-order valence-electron chi connectivity index (χ3n) is 1.20. The van der Waals surface area contributed by atoms with E-state index >= 15 is 0 Å². The largest absolute Gasteiger partial charge is 0.463 e. The fraction of sp³-hybridized carbons (Fsp3) is 0.333. The summed E-state index contributed by atoms with van der Waals surface area (Å²) in [5.74, 6) is -0.977. The molecule has 1 N–H and O–H groups in total. The molecular weight excluding hydrogens is 170 g/mol. The maximum Gasteiger partial charge on any atom is 0.374 e. The van der Waals surface area contributed by atoms with Crippen molar-refractivity contribution in [3.63, 3.8) is 0 Å². The van der Waals surface area contributed by atoms with Crippen LogP contribution in [0.4, 0.5) is 8.78 Å². The van der Waals surface area contributed by atoms with Crippen LogP contribution in [0.25, 0.3) is 0 Å². The van der Waals surface area contributed by atoms with E-state index in [1.165, 1.54) is 0 Å². The van der Waals surface area contributed by atoms with Gasteiger partial charge in [-0.1, -0.05) is 0 Å². The molecule has 0 saturated heterocycles. The van der Waals surface area contributed by atoms with Gasteiger partial charge in [-0.15, -0.1) is 0 Å². The molecule has 0 fully saturated rings. The van der Waals surface area contributed by atoms with Gasteiger partial charge in [-0.25, -0.2) is 18.6 Å². The van der Waals surface area contributed by atoms with Gasteiger partial charge in [0, 0.05) is 6.20 Å². The number of nitrogens with zero attached hydrogens (tertiary/aromatic N) is 1. The normalized spacial score (nSPS) is 10.3. The van der Waals surface area contributed by atoms with E-state index < -0.39 is 18.1 Å². The smallest absolute Gasteiger partial charge is 0.374 e. The number of hydrogen-bond donors (Lipinski definition) is 1. The first-order valence-corrected chi connectivity index (χ1v) is 3.07. The molecule has 4 nitrogen and oxygen atoms in total. The van der Waals surface area contributed by atoms with Crippen molar-refractivity contribution >= 4 is 5.97 Å². The minimum absolute atomic E-state index is 0.215. The van der Waals surface area contributed by atoms with Crippen molar-refractivity contribution in [3.05, 3.63) is 17.7 Å². The van der Waals surface area contributed by atoms with E-state index in [0.29, 0.717) is 0 Å². The summed E-state index contributed by atoms with van der Waals surface area (Å²) in [7, 11) is 1.15. The highest BCUT2D eigenvalue weighted by atomic mass is 19.3. The number of alkyl halides is 2. The average molecular weight is 176 g/mol. The third-order valence-corrected chi connectivity index (χ3v) is 1.20. The highest BCUT2D eigenvalue weighted by molar-refractivity contribution is 5.85. The van der Waals surface area contributed by atoms with Crippen LogP contribution >= 0.6 is 0 Å². The predicted molar refractivity (Wildman–Crippen MR) is 34.9 cm³/mol. The molecule has 0 saturated carbocycles. The van der Waals surface area contributed by atoms with Crippen LogP contribution in [0.15, 0.2) is 6.20 Å². The van der Waals surface area contributed by atoms with Gasteiger partial charge in [-0.05, 0) is 0 Å². The summed E-state index contributed by atoms with van der Waals surface area (Å²) in [5.41, 5.74) is -0.463. The Hall–Kier alpha value is -1.46. The Morgan fingerprint density at radius 3 is 2.83 bits per heavy atom. The van der Waals surface area contributed by atoms with Gasteiger partial charge in [0.1, 0.15) is 5.69 Å². The van der Waals surface area contributed by atoms with Crippen LogP contribution < -0.4 is 0 Å². The van der Waals surface area contributed by atoms with Crippen molar-refractivity contribution in [3.8, 4) is 0 Å². The van der Waals surface area contributed by atoms with Crippen LogP contribution in [0, 0.1) is 0 Å². The van der Waals surface area contributed by atoms with Crippen molar-refractivity contribution in [2.75, 3.05) is 7.11 Å². The molecule has 12 heavy (non-hydrogen) atoms. The van der Waals surface area contributed by atoms with Crippen LogP contribution in [0.3, 0.4) is 0 Å². The zero-order valence-electron chi connectivity index (χ0n) is 6.17. The van der Waals surface area contributed by atoms with Gasteiger partial charge in [0.25, 0.3) is 6.43 Å². The van der Waals surface area contributed by atoms with Crippen molar-refractivity contribution in [1.29, 1.82) is 0 Å². The van der Waals surface area contributed by atoms with Crippen molar-refractivity contribution in [2.45, 2.75) is 6.43 Å². The van der Waals surface area contributed by atoms with Gasteiger partial charge in [0.05, 0.1) is 7.11 Å². The first-order valence-electron chi connectivity index (χ1n) is 3.07. The Labute approximate surface area is 66.6 Å². The van der Waals surface area contributed by atoms with Gasteiger partial charge in [-0.3, -0.25) is 0 Å². The molecule has 6 heteroatoms. The van der Waals surface area contributed by atoms with Gasteiger partial charge in [0.15, 0.2) is 0 Å². The molecule has 0 bridgehead atoms. The van der Waals surface area contributed by atoms with E-state index in [0.717, 1.165) is 13.3 Å². The Balaban J connectivity index is 2.84. The molecule has 0 unspecified atom stereocenters. The first-order chi connectivity index (χ1) is 5.65. The number of imidazole rings is 1. The molecule has 1 aromatic rings. The molecule has 1 rings (SSSR count). The second-order valence-corrected chi connectivity index (χ2v) is 1.97. The van der Waals surface area contributed by atoms with Gasteiger partial charge < -0.3 is 9.72 Å². The minimum atomic E-state index is -2.68. The number of nitrogens with one attached hydrogen (secondary N) is 1. The lowest BCUT2D eigenvalue weighted by Crippen LogP contribution is -2.03. The lowest BCUT2D eigenvalue weighted by atomic mass is 10.5. The monoisotopic (exact) mass is 176 g/mol. The zero-order valence-corrected chi connectivity index (χ0v) is 6.17. The number of ether oxygens (including phenoxy) is 1. The molecule has 66 valence electrons. The zero-order chi connectivity index (χ0) is 9.14. The Bertz CT molecular complexity index is 285. The lowest BCUT2D eigenvalue weighted by Gasteiger charge is -1.91. The van der Waals surface area contributed by atoms with E-state index in [9.17, 15) is 13.6 Å². The number of methoxy groups -OCH3 is 1. The molecule has 0 spiro atoms. The number of esters is 1. The average Bonchev–Trinajstić information content (AvgIpc) is 2.51. The molecule has 1 aromatic heterocycles. The maximum absolute atomic E-state index is 11.9. The quantitative estimate of drug-likeness (QED) is 0.687. The molecule has 0 atom stereocenters. The van der Waals surface area contributed by atoms with Crippen LogP contribution in [0.5, 0.6) is 0 Å². The molecule has 0 aliphatic carbocycles. The standard InChI is InChI=1S/C6H6F2N2O2/c1-12-6(11)5-9-2-3(10-5)4(7)8/h2,4H,1H3,(H,9,10). The Morgan fingerprint density at radius 2 is 2.42 bits per heavy atom. The van der Waals surface area contributed by atoms with Crippen LogP contribution in [-0.4, -0.2) is 23.0 Å². The lowest BCUT2D eigenvalue weighted by molar-refractivity contribution is 0.0587. The van der Waals surface area contributed by atoms with Gasteiger partial charge >= 0.3 is 5.97 Å². The summed E-state index contributed by atoms with van der Waals surface area (Å²) in [6.07, 6.45) is -1.71. The highest BCUT2D eigenvalue weighted by Gasteiger charge is 2.15. The van der Waals surface area contributed by atoms with Gasteiger partial charge in [-0.2, -0.15) is 0 Å². The molecule has 0 aliphatic heterocycles. The summed E-state index contributed by atoms with van der Waals surface area (Å²) in [6.45, 7) is 0. The van der Waals surface area contributed by atoms with E-state index in [-0.39, 0.29) is 5.82 Å². The third kappa shape index (κ3) is 1.58. The van der Waals surface area contributed by atoms with Gasteiger partial charge in [0.2, 0.25) is 5.82 Å². The van der Waals surface area contributed by atoms with Crippen molar-refractivity contribution in [2.24, 2.45) is 0 Å². The topological polar surface area (TPSA) is 55.0 Å². The summed E-state index contributed by atoms with van der Waals surface area (Å²) in [6, 6.07) is 0. The second-order valence-electron chi connectivity index (χ2n) is 1.97. The number of carbonyl (C=O) groups excluding carboxylic acids is 1. The summed E-state index contributed by atoms with van der Waals surface area (Å²) < 4.78 is 28.1. The SMILES string of the molecule is COC(=O)c1nc(C(F)F)c[nH]1. The number of H-pyrrole nitrogens is 1. The number of aromatic amines is 1. The van der Waals surface area contributed by atoms with E-state index in [1.54, 1.807) is 0 Å². The van der Waals surface area contributed by atoms with Crippen LogP contribution in [-0.2, 0) is 4.74 Å². The predicted octanol–water partition coefficient (Wildman–Crippen LogP) is 1.13. The second kappa shape index (κ2) is 3.29. The molecular formula is C6H6F2N2O2. The molecule has 0 aromatic carbocycles. The van der Waals surface area contributed by atoms with E-state index in [1.807, 2.05) is 0 Å². The van der Waals surface area contributed by atoms with Crippen LogP contribution in [0.2, 0.25) is 0 Å². The number of halogens is 2. The maximum atomic E-state index is 11.9. The van der Waals surface area contributed by atoms with E-state index in [4.69, 9.17) is 0 Å². The fourth-order valence-corrected chi connectivity index (χ4v) is 0.649. The summed E-state index contributed by atoms with van der Waals surface area (Å²) >= 11 is 0. The Morgan fingerprint density at radius 1 is 1.75 bits per heavy atom. The number of rotatable bonds is 2. The summed E-state index contributed by atoms with van der Waals surface area (Å²) in [4.78, 5) is 16.3. The van der Waals surface area contributed by atoms with Crippen molar-refractivity contribution < 1.29 is 18.3 Å². The summed E-state index contributed by atoms with van der Waals surface area (Å²) in [5, 5.41) is 0.